The van der Waals surface area contributed by atoms with E-state index in [0.717, 1.165) is 31.7 Å². The molecule has 3 rings (SSSR count). The molecular formula is C15H21NO2. The molecule has 2 aliphatic heterocycles. The average Bonchev–Trinajstić information content (AvgIpc) is 2.39. The van der Waals surface area contributed by atoms with Gasteiger partial charge in [-0.2, -0.15) is 0 Å². The predicted octanol–water partition coefficient (Wildman–Crippen LogP) is 2.99. The molecule has 1 saturated heterocycles. The second-order valence-corrected chi connectivity index (χ2v) is 5.56. The van der Waals surface area contributed by atoms with Crippen LogP contribution in [0.4, 0.5) is 5.69 Å². The van der Waals surface area contributed by atoms with Crippen LogP contribution in [0.3, 0.4) is 0 Å². The van der Waals surface area contributed by atoms with Gasteiger partial charge in [-0.3, -0.25) is 0 Å². The molecule has 1 fully saturated rings. The number of hydrogen-bond donors (Lipinski definition) is 1. The minimum Gasteiger partial charge on any atom is -0.485 e. The van der Waals surface area contributed by atoms with E-state index in [-0.39, 0.29) is 5.60 Å². The van der Waals surface area contributed by atoms with Gasteiger partial charge in [-0.15, -0.1) is 0 Å². The van der Waals surface area contributed by atoms with Crippen LogP contribution >= 0.6 is 0 Å². The van der Waals surface area contributed by atoms with E-state index in [1.165, 1.54) is 24.1 Å². The molecule has 0 aliphatic carbocycles. The number of aryl methyl sites for hydroxylation is 1. The molecule has 2 aliphatic rings. The highest BCUT2D eigenvalue weighted by Crippen LogP contribution is 2.31. The molecule has 1 aromatic carbocycles. The van der Waals surface area contributed by atoms with Crippen molar-refractivity contribution in [2.45, 2.75) is 38.2 Å². The van der Waals surface area contributed by atoms with Gasteiger partial charge >= 0.3 is 0 Å². The first-order valence-electron chi connectivity index (χ1n) is 6.89. The van der Waals surface area contributed by atoms with Crippen LogP contribution in [-0.4, -0.2) is 25.4 Å². The standard InChI is InChI=1S/C15H21NO2/c1-15(7-3-9-17-11-15)18-13-6-5-12-4-2-8-16-14(12)10-13/h5-6,10,16H,2-4,7-9,11H2,1H3. The Morgan fingerprint density at radius 2 is 2.28 bits per heavy atom. The van der Waals surface area contributed by atoms with E-state index in [4.69, 9.17) is 9.47 Å². The van der Waals surface area contributed by atoms with Crippen LogP contribution in [0, 0.1) is 0 Å². The summed E-state index contributed by atoms with van der Waals surface area (Å²) in [5.74, 6) is 0.955. The number of benzene rings is 1. The number of hydrogen-bond acceptors (Lipinski definition) is 3. The lowest BCUT2D eigenvalue weighted by atomic mass is 9.98. The Labute approximate surface area is 108 Å². The summed E-state index contributed by atoms with van der Waals surface area (Å²) in [4.78, 5) is 0. The fraction of sp³-hybridized carbons (Fsp3) is 0.600. The van der Waals surface area contributed by atoms with E-state index >= 15 is 0 Å². The van der Waals surface area contributed by atoms with Crippen LogP contribution in [0.2, 0.25) is 0 Å². The lowest BCUT2D eigenvalue weighted by Gasteiger charge is -2.34. The summed E-state index contributed by atoms with van der Waals surface area (Å²) >= 11 is 0. The summed E-state index contributed by atoms with van der Waals surface area (Å²) in [7, 11) is 0. The highest BCUT2D eigenvalue weighted by atomic mass is 16.5. The lowest BCUT2D eigenvalue weighted by molar-refractivity contribution is -0.0563. The molecule has 0 saturated carbocycles. The van der Waals surface area contributed by atoms with Crippen molar-refractivity contribution in [3.8, 4) is 5.75 Å². The van der Waals surface area contributed by atoms with Gasteiger partial charge in [0, 0.05) is 24.9 Å². The first-order chi connectivity index (χ1) is 8.75. The van der Waals surface area contributed by atoms with E-state index in [9.17, 15) is 0 Å². The molecule has 0 aromatic heterocycles. The van der Waals surface area contributed by atoms with Crippen LogP contribution in [0.1, 0.15) is 31.7 Å². The second-order valence-electron chi connectivity index (χ2n) is 5.56. The minimum absolute atomic E-state index is 0.166. The van der Waals surface area contributed by atoms with Crippen LogP contribution in [0.5, 0.6) is 5.75 Å². The van der Waals surface area contributed by atoms with E-state index in [1.807, 2.05) is 0 Å². The van der Waals surface area contributed by atoms with E-state index < -0.39 is 0 Å². The molecule has 0 spiro atoms. The molecular weight excluding hydrogens is 226 g/mol. The molecule has 3 heteroatoms. The Bertz CT molecular complexity index is 425. The third-order valence-corrected chi connectivity index (χ3v) is 3.79. The van der Waals surface area contributed by atoms with Crippen LogP contribution in [0.25, 0.3) is 0 Å². The quantitative estimate of drug-likeness (QED) is 0.871. The third-order valence-electron chi connectivity index (χ3n) is 3.79. The van der Waals surface area contributed by atoms with Crippen molar-refractivity contribution in [3.05, 3.63) is 23.8 Å². The largest absolute Gasteiger partial charge is 0.485 e. The smallest absolute Gasteiger partial charge is 0.129 e. The molecule has 0 amide bonds. The molecule has 1 N–H and O–H groups in total. The van der Waals surface area contributed by atoms with Gasteiger partial charge in [0.05, 0.1) is 6.61 Å². The van der Waals surface area contributed by atoms with Crippen molar-refractivity contribution in [1.82, 2.24) is 0 Å². The zero-order valence-corrected chi connectivity index (χ0v) is 11.0. The Hall–Kier alpha value is -1.22. The van der Waals surface area contributed by atoms with E-state index in [1.54, 1.807) is 0 Å². The average molecular weight is 247 g/mol. The van der Waals surface area contributed by atoms with Crippen LogP contribution in [0.15, 0.2) is 18.2 Å². The van der Waals surface area contributed by atoms with Crippen molar-refractivity contribution >= 4 is 5.69 Å². The van der Waals surface area contributed by atoms with Gasteiger partial charge in [-0.05, 0) is 44.2 Å². The van der Waals surface area contributed by atoms with Gasteiger partial charge in [-0.25, -0.2) is 0 Å². The Morgan fingerprint density at radius 1 is 1.33 bits per heavy atom. The predicted molar refractivity (Wildman–Crippen MR) is 72.3 cm³/mol. The molecule has 1 unspecified atom stereocenters. The van der Waals surface area contributed by atoms with Crippen molar-refractivity contribution in [1.29, 1.82) is 0 Å². The maximum atomic E-state index is 6.14. The molecule has 98 valence electrons. The van der Waals surface area contributed by atoms with Crippen LogP contribution in [-0.2, 0) is 11.2 Å². The molecule has 2 heterocycles. The molecule has 1 aromatic rings. The number of rotatable bonds is 2. The molecule has 0 bridgehead atoms. The molecule has 3 nitrogen and oxygen atoms in total. The second kappa shape index (κ2) is 4.81. The fourth-order valence-electron chi connectivity index (χ4n) is 2.78. The summed E-state index contributed by atoms with van der Waals surface area (Å²) in [5, 5.41) is 3.44. The number of ether oxygens (including phenoxy) is 2. The van der Waals surface area contributed by atoms with Crippen LogP contribution < -0.4 is 10.1 Å². The lowest BCUT2D eigenvalue weighted by Crippen LogP contribution is -2.41. The first-order valence-corrected chi connectivity index (χ1v) is 6.89. The minimum atomic E-state index is -0.166. The highest BCUT2D eigenvalue weighted by molar-refractivity contribution is 5.56. The van der Waals surface area contributed by atoms with Gasteiger partial charge in [0.15, 0.2) is 0 Å². The van der Waals surface area contributed by atoms with E-state index in [0.29, 0.717) is 6.61 Å². The SMILES string of the molecule is CC1(Oc2ccc3c(c2)NCCC3)CCCOC1. The summed E-state index contributed by atoms with van der Waals surface area (Å²) < 4.78 is 11.7. The highest BCUT2D eigenvalue weighted by Gasteiger charge is 2.29. The Morgan fingerprint density at radius 3 is 3.11 bits per heavy atom. The Balaban J connectivity index is 1.76. The molecule has 0 radical (unpaired) electrons. The van der Waals surface area contributed by atoms with Gasteiger partial charge in [-0.1, -0.05) is 6.07 Å². The zero-order chi connectivity index (χ0) is 12.4. The maximum absolute atomic E-state index is 6.14. The summed E-state index contributed by atoms with van der Waals surface area (Å²) in [6.07, 6.45) is 4.54. The van der Waals surface area contributed by atoms with Crippen molar-refractivity contribution in [2.24, 2.45) is 0 Å². The summed E-state index contributed by atoms with van der Waals surface area (Å²) in [6.45, 7) is 4.76. The number of fused-ring (bicyclic) bond motifs is 1. The van der Waals surface area contributed by atoms with Gasteiger partial charge in [0.2, 0.25) is 0 Å². The summed E-state index contributed by atoms with van der Waals surface area (Å²) in [6, 6.07) is 6.41. The Kier molecular flexibility index (Phi) is 3.16. The first kappa shape index (κ1) is 11.8. The van der Waals surface area contributed by atoms with Crippen molar-refractivity contribution in [2.75, 3.05) is 25.1 Å². The van der Waals surface area contributed by atoms with Crippen molar-refractivity contribution < 1.29 is 9.47 Å². The number of nitrogens with one attached hydrogen (secondary N) is 1. The normalized spacial score (nSPS) is 27.2. The monoisotopic (exact) mass is 247 g/mol. The maximum Gasteiger partial charge on any atom is 0.129 e. The van der Waals surface area contributed by atoms with E-state index in [2.05, 4.69) is 30.4 Å². The van der Waals surface area contributed by atoms with Gasteiger partial charge in [0.25, 0.3) is 0 Å². The topological polar surface area (TPSA) is 30.5 Å². The van der Waals surface area contributed by atoms with Gasteiger partial charge < -0.3 is 14.8 Å². The zero-order valence-electron chi connectivity index (χ0n) is 11.0. The van der Waals surface area contributed by atoms with Crippen molar-refractivity contribution in [3.63, 3.8) is 0 Å². The third kappa shape index (κ3) is 2.46. The number of anilines is 1. The molecule has 1 atom stereocenters. The summed E-state index contributed by atoms with van der Waals surface area (Å²) in [5.41, 5.74) is 2.47. The van der Waals surface area contributed by atoms with Gasteiger partial charge in [0.1, 0.15) is 11.4 Å². The fourth-order valence-corrected chi connectivity index (χ4v) is 2.78. The molecule has 18 heavy (non-hydrogen) atoms.